The maximum atomic E-state index is 5.23. The van der Waals surface area contributed by atoms with Crippen LogP contribution >= 0.6 is 12.2 Å². The third kappa shape index (κ3) is 0.866. The second-order valence-corrected chi connectivity index (χ2v) is 1.81. The molecule has 1 aliphatic heterocycles. The number of amidine groups is 1. The molecule has 3 nitrogen and oxygen atoms in total. The van der Waals surface area contributed by atoms with Gasteiger partial charge in [0.25, 0.3) is 0 Å². The number of thiocarbonyl (C=S) groups is 1. The smallest absolute Gasteiger partial charge is 0.126 e. The molecule has 1 rings (SSSR count). The lowest BCUT2D eigenvalue weighted by Gasteiger charge is -1.81. The number of rotatable bonds is 0. The van der Waals surface area contributed by atoms with Gasteiger partial charge < -0.3 is 5.73 Å². The molecule has 7 heavy (non-hydrogen) atoms. The van der Waals surface area contributed by atoms with Gasteiger partial charge in [-0.1, -0.05) is 12.2 Å². The molecule has 4 heteroatoms. The summed E-state index contributed by atoms with van der Waals surface area (Å²) < 4.78 is 0. The zero-order valence-electron chi connectivity index (χ0n) is 3.64. The standard InChI is InChI=1S/C3H5N3S/c4-2-1-3(7)6-5-2/h1H2,(H2,4,5)(H,6,7). The Morgan fingerprint density at radius 1 is 1.86 bits per heavy atom. The maximum absolute atomic E-state index is 5.23. The van der Waals surface area contributed by atoms with Gasteiger partial charge in [-0.2, -0.15) is 5.10 Å². The van der Waals surface area contributed by atoms with Gasteiger partial charge in [0, 0.05) is 0 Å². The highest BCUT2D eigenvalue weighted by Gasteiger charge is 2.04. The van der Waals surface area contributed by atoms with Crippen LogP contribution in [0, 0.1) is 0 Å². The quantitative estimate of drug-likeness (QED) is 0.421. The Bertz CT molecular complexity index is 128. The Morgan fingerprint density at radius 3 is 2.71 bits per heavy atom. The molecule has 0 aliphatic carbocycles. The lowest BCUT2D eigenvalue weighted by Crippen LogP contribution is -2.09. The minimum Gasteiger partial charge on any atom is -0.385 e. The SMILES string of the molecule is NC1=NNC(=S)C1. The molecular weight excluding hydrogens is 110 g/mol. The Kier molecular flexibility index (Phi) is 0.941. The first-order valence-electron chi connectivity index (χ1n) is 1.90. The van der Waals surface area contributed by atoms with Crippen molar-refractivity contribution in [2.45, 2.75) is 6.42 Å². The summed E-state index contributed by atoms with van der Waals surface area (Å²) in [6.45, 7) is 0. The summed E-state index contributed by atoms with van der Waals surface area (Å²) in [5.41, 5.74) is 7.79. The lowest BCUT2D eigenvalue weighted by atomic mass is 10.4. The fraction of sp³-hybridized carbons (Fsp3) is 0.333. The Morgan fingerprint density at radius 2 is 2.57 bits per heavy atom. The highest BCUT2D eigenvalue weighted by molar-refractivity contribution is 7.80. The van der Waals surface area contributed by atoms with Crippen LogP contribution in [-0.2, 0) is 0 Å². The summed E-state index contributed by atoms with van der Waals surface area (Å²) in [5.74, 6) is 0.574. The van der Waals surface area contributed by atoms with Gasteiger partial charge in [0.05, 0.1) is 6.42 Å². The third-order valence-electron chi connectivity index (χ3n) is 0.666. The van der Waals surface area contributed by atoms with E-state index in [1.807, 2.05) is 0 Å². The minimum absolute atomic E-state index is 0.574. The van der Waals surface area contributed by atoms with E-state index in [0.29, 0.717) is 17.2 Å². The van der Waals surface area contributed by atoms with Crippen LogP contribution < -0.4 is 11.2 Å². The van der Waals surface area contributed by atoms with E-state index in [1.165, 1.54) is 0 Å². The van der Waals surface area contributed by atoms with Crippen molar-refractivity contribution < 1.29 is 0 Å². The molecule has 0 saturated heterocycles. The molecule has 3 N–H and O–H groups in total. The van der Waals surface area contributed by atoms with Crippen molar-refractivity contribution in [1.82, 2.24) is 5.43 Å². The Hall–Kier alpha value is -0.640. The first-order valence-corrected chi connectivity index (χ1v) is 2.31. The van der Waals surface area contributed by atoms with Gasteiger partial charge in [0.2, 0.25) is 0 Å². The number of nitrogens with two attached hydrogens (primary N) is 1. The molecule has 0 bridgehead atoms. The van der Waals surface area contributed by atoms with E-state index in [0.717, 1.165) is 0 Å². The van der Waals surface area contributed by atoms with E-state index < -0.39 is 0 Å². The molecule has 0 saturated carbocycles. The number of hydrogen-bond acceptors (Lipinski definition) is 3. The van der Waals surface area contributed by atoms with E-state index in [1.54, 1.807) is 0 Å². The van der Waals surface area contributed by atoms with Crippen molar-refractivity contribution >= 4 is 23.0 Å². The van der Waals surface area contributed by atoms with E-state index in [4.69, 9.17) is 18.0 Å². The predicted molar refractivity (Wildman–Crippen MR) is 32.0 cm³/mol. The number of nitrogens with zero attached hydrogens (tertiary/aromatic N) is 1. The van der Waals surface area contributed by atoms with Crippen LogP contribution in [0.5, 0.6) is 0 Å². The minimum atomic E-state index is 0.574. The van der Waals surface area contributed by atoms with Gasteiger partial charge in [-0.25, -0.2) is 0 Å². The van der Waals surface area contributed by atoms with Crippen molar-refractivity contribution in [3.05, 3.63) is 0 Å². The van der Waals surface area contributed by atoms with Gasteiger partial charge in [0.1, 0.15) is 10.8 Å². The Labute approximate surface area is 46.6 Å². The van der Waals surface area contributed by atoms with E-state index in [9.17, 15) is 0 Å². The molecular formula is C3H5N3S. The first-order chi connectivity index (χ1) is 3.29. The summed E-state index contributed by atoms with van der Waals surface area (Å²) in [7, 11) is 0. The predicted octanol–water partition coefficient (Wildman–Crippen LogP) is -0.421. The van der Waals surface area contributed by atoms with Crippen molar-refractivity contribution in [1.29, 1.82) is 0 Å². The van der Waals surface area contributed by atoms with Gasteiger partial charge in [-0.15, -0.1) is 0 Å². The van der Waals surface area contributed by atoms with Crippen molar-refractivity contribution in [2.75, 3.05) is 0 Å². The molecule has 1 heterocycles. The van der Waals surface area contributed by atoms with Crippen LogP contribution in [0.25, 0.3) is 0 Å². The molecule has 1 aliphatic rings. The lowest BCUT2D eigenvalue weighted by molar-refractivity contribution is 1.07. The van der Waals surface area contributed by atoms with Gasteiger partial charge in [-0.05, 0) is 0 Å². The zero-order valence-corrected chi connectivity index (χ0v) is 4.46. The molecule has 0 aromatic heterocycles. The monoisotopic (exact) mass is 115 g/mol. The van der Waals surface area contributed by atoms with Gasteiger partial charge in [-0.3, -0.25) is 5.43 Å². The molecule has 0 aromatic rings. The molecule has 0 fully saturated rings. The van der Waals surface area contributed by atoms with Crippen LogP contribution in [0.2, 0.25) is 0 Å². The van der Waals surface area contributed by atoms with Crippen LogP contribution in [0.4, 0.5) is 0 Å². The summed E-state index contributed by atoms with van der Waals surface area (Å²) in [6, 6.07) is 0. The molecule has 0 aromatic carbocycles. The van der Waals surface area contributed by atoms with Crippen LogP contribution in [-0.4, -0.2) is 10.8 Å². The summed E-state index contributed by atoms with van der Waals surface area (Å²) in [6.07, 6.45) is 0.620. The molecule has 0 unspecified atom stereocenters. The van der Waals surface area contributed by atoms with Crippen LogP contribution in [0.3, 0.4) is 0 Å². The second kappa shape index (κ2) is 1.46. The third-order valence-corrected chi connectivity index (χ3v) is 0.902. The van der Waals surface area contributed by atoms with Crippen LogP contribution in [0.15, 0.2) is 5.10 Å². The highest BCUT2D eigenvalue weighted by Crippen LogP contribution is 1.89. The Balaban J connectivity index is 2.58. The summed E-state index contributed by atoms with van der Waals surface area (Å²) in [4.78, 5) is 0.706. The normalized spacial score (nSPS) is 18.9. The van der Waals surface area contributed by atoms with E-state index in [-0.39, 0.29) is 0 Å². The maximum Gasteiger partial charge on any atom is 0.126 e. The summed E-state index contributed by atoms with van der Waals surface area (Å²) in [5, 5.41) is 3.62. The van der Waals surface area contributed by atoms with Crippen LogP contribution in [0.1, 0.15) is 6.42 Å². The zero-order chi connectivity index (χ0) is 5.28. The van der Waals surface area contributed by atoms with Crippen molar-refractivity contribution in [3.8, 4) is 0 Å². The number of hydrogen-bond donors (Lipinski definition) is 2. The molecule has 0 atom stereocenters. The second-order valence-electron chi connectivity index (χ2n) is 1.31. The topological polar surface area (TPSA) is 50.4 Å². The fourth-order valence-electron chi connectivity index (χ4n) is 0.378. The highest BCUT2D eigenvalue weighted by atomic mass is 32.1. The molecule has 38 valence electrons. The van der Waals surface area contributed by atoms with Gasteiger partial charge in [0.15, 0.2) is 0 Å². The van der Waals surface area contributed by atoms with E-state index >= 15 is 0 Å². The van der Waals surface area contributed by atoms with Crippen molar-refractivity contribution in [2.24, 2.45) is 10.8 Å². The fourth-order valence-corrected chi connectivity index (χ4v) is 0.571. The van der Waals surface area contributed by atoms with Crippen molar-refractivity contribution in [3.63, 3.8) is 0 Å². The number of nitrogens with one attached hydrogen (secondary N) is 1. The molecule has 0 amide bonds. The van der Waals surface area contributed by atoms with Gasteiger partial charge >= 0.3 is 0 Å². The average molecular weight is 115 g/mol. The average Bonchev–Trinajstić information content (AvgIpc) is 1.87. The first kappa shape index (κ1) is 4.52. The number of hydrazone groups is 1. The molecule has 0 spiro atoms. The summed E-state index contributed by atoms with van der Waals surface area (Å²) >= 11 is 4.69. The molecule has 0 radical (unpaired) electrons. The van der Waals surface area contributed by atoms with E-state index in [2.05, 4.69) is 10.5 Å². The largest absolute Gasteiger partial charge is 0.385 e.